The molecule has 1 aliphatic heterocycles. The van der Waals surface area contributed by atoms with Gasteiger partial charge in [0.25, 0.3) is 0 Å². The Kier molecular flexibility index (Phi) is 13.3. The van der Waals surface area contributed by atoms with Gasteiger partial charge in [0, 0.05) is 0 Å². The molecule has 0 aromatic carbocycles. The molecule has 1 saturated heterocycles. The Morgan fingerprint density at radius 3 is 1.50 bits per heavy atom. The number of allylic oxidation sites excluding steroid dienone is 1. The monoisotopic (exact) mass is 528 g/mol. The Hall–Kier alpha value is 0.524. The third-order valence-electron chi connectivity index (χ3n) is 7.62. The van der Waals surface area contributed by atoms with Crippen LogP contribution in [0.4, 0.5) is 0 Å². The van der Waals surface area contributed by atoms with Crippen molar-refractivity contribution in [2.24, 2.45) is 0 Å². The third-order valence-corrected chi connectivity index (χ3v) is 23.9. The predicted molar refractivity (Wildman–Crippen MR) is 138 cm³/mol. The molecular weight excluding hydrogens is 474 g/mol. The van der Waals surface area contributed by atoms with Crippen molar-refractivity contribution in [3.8, 4) is 0 Å². The van der Waals surface area contributed by atoms with Crippen molar-refractivity contribution < 1.29 is 9.31 Å². The summed E-state index contributed by atoms with van der Waals surface area (Å²) in [5, 5.41) is 0. The zero-order valence-electron chi connectivity index (χ0n) is 21.9. The molecule has 0 amide bonds. The molecule has 0 atom stereocenters. The summed E-state index contributed by atoms with van der Waals surface area (Å²) in [5.74, 6) is 2.51. The third kappa shape index (κ3) is 8.47. The fourth-order valence-electron chi connectivity index (χ4n) is 4.79. The van der Waals surface area contributed by atoms with Gasteiger partial charge in [0.2, 0.25) is 0 Å². The minimum atomic E-state index is -2.45. The molecule has 0 unspecified atom stereocenters. The topological polar surface area (TPSA) is 18.5 Å². The Labute approximate surface area is 194 Å². The molecule has 1 fully saturated rings. The molecule has 0 spiro atoms. The zero-order valence-corrected chi connectivity index (χ0v) is 24.7. The summed E-state index contributed by atoms with van der Waals surface area (Å²) in [4.78, 5) is 0. The van der Waals surface area contributed by atoms with Crippen LogP contribution in [0.1, 0.15) is 126 Å². The summed E-state index contributed by atoms with van der Waals surface area (Å²) in [7, 11) is -0.155. The molecule has 0 radical (unpaired) electrons. The van der Waals surface area contributed by atoms with Crippen LogP contribution in [0.2, 0.25) is 13.3 Å². The van der Waals surface area contributed by atoms with Gasteiger partial charge in [0.15, 0.2) is 0 Å². The molecule has 0 saturated carbocycles. The van der Waals surface area contributed by atoms with Gasteiger partial charge in [-0.2, -0.15) is 0 Å². The van der Waals surface area contributed by atoms with Crippen LogP contribution in [0.3, 0.4) is 0 Å². The van der Waals surface area contributed by atoms with Crippen molar-refractivity contribution in [1.82, 2.24) is 0 Å². The van der Waals surface area contributed by atoms with E-state index in [0.717, 1.165) is 0 Å². The Morgan fingerprint density at radius 2 is 1.10 bits per heavy atom. The fourth-order valence-corrected chi connectivity index (χ4v) is 21.9. The maximum absolute atomic E-state index is 6.47. The second-order valence-corrected chi connectivity index (χ2v) is 24.1. The van der Waals surface area contributed by atoms with Crippen LogP contribution in [-0.2, 0) is 9.31 Å². The minimum absolute atomic E-state index is 0.155. The molecule has 30 heavy (non-hydrogen) atoms. The number of rotatable bonds is 16. The van der Waals surface area contributed by atoms with E-state index in [0.29, 0.717) is 0 Å². The van der Waals surface area contributed by atoms with Crippen LogP contribution in [0.25, 0.3) is 0 Å². The second kappa shape index (κ2) is 13.9. The summed E-state index contributed by atoms with van der Waals surface area (Å²) in [6.07, 6.45) is 14.9. The van der Waals surface area contributed by atoms with Gasteiger partial charge in [-0.3, -0.25) is 0 Å². The van der Waals surface area contributed by atoms with E-state index in [1.54, 1.807) is 0 Å². The first-order chi connectivity index (χ1) is 14.2. The average molecular weight is 527 g/mol. The number of hydrogen-bond donors (Lipinski definition) is 0. The van der Waals surface area contributed by atoms with Crippen molar-refractivity contribution in [3.05, 3.63) is 9.56 Å². The van der Waals surface area contributed by atoms with E-state index >= 15 is 0 Å². The van der Waals surface area contributed by atoms with Crippen molar-refractivity contribution >= 4 is 25.5 Å². The van der Waals surface area contributed by atoms with Crippen molar-refractivity contribution in [2.75, 3.05) is 0 Å². The normalized spacial score (nSPS) is 18.9. The van der Waals surface area contributed by atoms with E-state index in [9.17, 15) is 0 Å². The van der Waals surface area contributed by atoms with Gasteiger partial charge < -0.3 is 0 Å². The molecule has 1 rings (SSSR count). The van der Waals surface area contributed by atoms with Gasteiger partial charge >= 0.3 is 195 Å². The van der Waals surface area contributed by atoms with Gasteiger partial charge in [-0.1, -0.05) is 0 Å². The van der Waals surface area contributed by atoms with E-state index < -0.39 is 18.4 Å². The molecule has 0 bridgehead atoms. The van der Waals surface area contributed by atoms with Crippen LogP contribution in [0.15, 0.2) is 9.56 Å². The molecular formula is C26H53BO2Sn. The van der Waals surface area contributed by atoms with Crippen molar-refractivity contribution in [2.45, 2.75) is 151 Å². The summed E-state index contributed by atoms with van der Waals surface area (Å²) < 4.78 is 19.4. The van der Waals surface area contributed by atoms with Crippen LogP contribution in [0.5, 0.6) is 0 Å². The zero-order chi connectivity index (χ0) is 22.7. The first-order valence-corrected chi connectivity index (χ1v) is 20.7. The van der Waals surface area contributed by atoms with E-state index in [2.05, 4.69) is 61.4 Å². The van der Waals surface area contributed by atoms with E-state index in [-0.39, 0.29) is 18.3 Å². The van der Waals surface area contributed by atoms with Crippen LogP contribution in [-0.4, -0.2) is 36.7 Å². The summed E-state index contributed by atoms with van der Waals surface area (Å²) in [5.41, 5.74) is -0.480. The molecule has 176 valence electrons. The second-order valence-electron chi connectivity index (χ2n) is 10.7. The van der Waals surface area contributed by atoms with Crippen molar-refractivity contribution in [3.63, 3.8) is 0 Å². The van der Waals surface area contributed by atoms with Gasteiger partial charge in [-0.15, -0.1) is 0 Å². The van der Waals surface area contributed by atoms with Crippen molar-refractivity contribution in [1.29, 1.82) is 0 Å². The first-order valence-electron chi connectivity index (χ1n) is 13.2. The Bertz CT molecular complexity index is 463. The SMILES string of the molecule is CCCCCC/[C](=C/B1OC(C)(C)C(C)(C)O1)[Sn]([CH2]CCC)([CH2]CCC)[CH2]CCC. The number of unbranched alkanes of at least 4 members (excludes halogenated alkanes) is 6. The Morgan fingerprint density at radius 1 is 0.667 bits per heavy atom. The molecule has 0 aliphatic carbocycles. The fraction of sp³-hybridized carbons (Fsp3) is 0.923. The molecule has 0 aromatic heterocycles. The quantitative estimate of drug-likeness (QED) is 0.148. The predicted octanol–water partition coefficient (Wildman–Crippen LogP) is 8.90. The standard InChI is InChI=1S/C14H26BO2.3C4H9.Sn/c1-6-7-8-9-10-11-12-15-16-13(2,3)14(4,5)17-15;3*1-3-4-2;/h12H,6-10H2,1-5H3;3*1,3-4H2,2H3;. The number of hydrogen-bond acceptors (Lipinski definition) is 2. The van der Waals surface area contributed by atoms with E-state index in [1.165, 1.54) is 83.9 Å². The van der Waals surface area contributed by atoms with Crippen LogP contribution in [0, 0.1) is 0 Å². The van der Waals surface area contributed by atoms with E-state index in [1.807, 2.05) is 3.59 Å². The first kappa shape index (κ1) is 28.6. The van der Waals surface area contributed by atoms with Crippen LogP contribution < -0.4 is 0 Å². The summed E-state index contributed by atoms with van der Waals surface area (Å²) in [6, 6.07) is 0. The average Bonchev–Trinajstić information content (AvgIpc) is 2.90. The van der Waals surface area contributed by atoms with Crippen LogP contribution >= 0.6 is 0 Å². The molecule has 0 N–H and O–H groups in total. The summed E-state index contributed by atoms with van der Waals surface area (Å²) >= 11 is -2.45. The van der Waals surface area contributed by atoms with Gasteiger partial charge in [0.05, 0.1) is 0 Å². The molecule has 0 aromatic rings. The van der Waals surface area contributed by atoms with Gasteiger partial charge in [-0.05, 0) is 0 Å². The summed E-state index contributed by atoms with van der Waals surface area (Å²) in [6.45, 7) is 18.2. The van der Waals surface area contributed by atoms with E-state index in [4.69, 9.17) is 9.31 Å². The Balaban J connectivity index is 3.25. The van der Waals surface area contributed by atoms with Gasteiger partial charge in [0.1, 0.15) is 0 Å². The molecule has 2 nitrogen and oxygen atoms in total. The molecule has 1 aliphatic rings. The molecule has 4 heteroatoms. The molecule has 1 heterocycles. The maximum atomic E-state index is 6.47. The van der Waals surface area contributed by atoms with Gasteiger partial charge in [-0.25, -0.2) is 0 Å².